The van der Waals surface area contributed by atoms with E-state index < -0.39 is 23.8 Å². The number of aliphatic hydroxyl groups is 1. The number of hydrogen-bond acceptors (Lipinski definition) is 3. The van der Waals surface area contributed by atoms with Gasteiger partial charge in [0.05, 0.1) is 12.1 Å². The Bertz CT molecular complexity index is 720. The summed E-state index contributed by atoms with van der Waals surface area (Å²) >= 11 is 0. The molecule has 0 bridgehead atoms. The Kier molecular flexibility index (Phi) is 7.88. The van der Waals surface area contributed by atoms with Gasteiger partial charge in [0.2, 0.25) is 5.91 Å². The number of benzene rings is 2. The summed E-state index contributed by atoms with van der Waals surface area (Å²) in [6, 6.07) is 12.5. The van der Waals surface area contributed by atoms with Crippen molar-refractivity contribution in [3.05, 3.63) is 71.3 Å². The second kappa shape index (κ2) is 10.1. The molecule has 146 valence electrons. The monoisotopic (exact) mass is 376 g/mol. The van der Waals surface area contributed by atoms with Gasteiger partial charge >= 0.3 is 0 Å². The summed E-state index contributed by atoms with van der Waals surface area (Å²) in [6.07, 6.45) is 0.0357. The normalized spacial score (nSPS) is 14.4. The van der Waals surface area contributed by atoms with Gasteiger partial charge in [0.15, 0.2) is 0 Å². The van der Waals surface area contributed by atoms with E-state index in [4.69, 9.17) is 0 Å². The fraction of sp³-hybridized carbons (Fsp3) is 0.381. The minimum absolute atomic E-state index is 0.0606. The number of carbonyl (C=O) groups is 1. The van der Waals surface area contributed by atoms with Crippen molar-refractivity contribution in [3.63, 3.8) is 0 Å². The molecule has 6 heteroatoms. The van der Waals surface area contributed by atoms with Crippen molar-refractivity contribution in [3.8, 4) is 0 Å². The number of nitrogens with one attached hydrogen (secondary N) is 2. The van der Waals surface area contributed by atoms with Crippen molar-refractivity contribution in [2.75, 3.05) is 6.54 Å². The first-order valence-corrected chi connectivity index (χ1v) is 9.07. The highest BCUT2D eigenvalue weighted by atomic mass is 19.1. The largest absolute Gasteiger partial charge is 0.390 e. The van der Waals surface area contributed by atoms with E-state index in [9.17, 15) is 18.7 Å². The molecule has 0 fully saturated rings. The van der Waals surface area contributed by atoms with E-state index in [-0.39, 0.29) is 24.9 Å². The number of amides is 1. The predicted molar refractivity (Wildman–Crippen MR) is 101 cm³/mol. The minimum Gasteiger partial charge on any atom is -0.390 e. The van der Waals surface area contributed by atoms with Gasteiger partial charge < -0.3 is 15.7 Å². The number of carbonyl (C=O) groups excluding carboxylic acids is 1. The van der Waals surface area contributed by atoms with Gasteiger partial charge in [0.25, 0.3) is 0 Å². The molecular weight excluding hydrogens is 350 g/mol. The molecule has 0 saturated heterocycles. The van der Waals surface area contributed by atoms with Gasteiger partial charge in [-0.25, -0.2) is 8.78 Å². The fourth-order valence-electron chi connectivity index (χ4n) is 3.12. The molecule has 0 radical (unpaired) electrons. The Morgan fingerprint density at radius 2 is 1.74 bits per heavy atom. The third kappa shape index (κ3) is 6.73. The Hall–Kier alpha value is -2.31. The zero-order chi connectivity index (χ0) is 19.8. The van der Waals surface area contributed by atoms with E-state index in [0.717, 1.165) is 18.1 Å². The van der Waals surface area contributed by atoms with Crippen LogP contribution in [0.5, 0.6) is 0 Å². The summed E-state index contributed by atoms with van der Waals surface area (Å²) in [4.78, 5) is 11.5. The number of halogens is 2. The third-order valence-corrected chi connectivity index (χ3v) is 4.41. The Morgan fingerprint density at radius 1 is 1.11 bits per heavy atom. The van der Waals surface area contributed by atoms with Gasteiger partial charge in [-0.3, -0.25) is 4.79 Å². The molecule has 0 aliphatic rings. The standard InChI is InChI=1S/C21H26F2N2O2/c1-3-19(16-7-5-4-6-8-16)24-13-21(27)20(25-14(2)26)11-15-9-17(22)12-18(23)10-15/h4-10,12,19-21,24,27H,3,11,13H2,1-2H3,(H,25,26)/t19?,20-,21+/m0/s1. The van der Waals surface area contributed by atoms with Gasteiger partial charge in [-0.2, -0.15) is 0 Å². The van der Waals surface area contributed by atoms with Crippen LogP contribution in [0.3, 0.4) is 0 Å². The topological polar surface area (TPSA) is 61.4 Å². The first-order chi connectivity index (χ1) is 12.9. The quantitative estimate of drug-likeness (QED) is 0.630. The average Bonchev–Trinajstić information content (AvgIpc) is 2.61. The summed E-state index contributed by atoms with van der Waals surface area (Å²) in [6.45, 7) is 3.62. The van der Waals surface area contributed by atoms with E-state index in [0.29, 0.717) is 5.56 Å². The molecule has 2 aromatic rings. The molecule has 0 aliphatic heterocycles. The summed E-state index contributed by atoms with van der Waals surface area (Å²) < 4.78 is 26.9. The van der Waals surface area contributed by atoms with Crippen LogP contribution in [-0.4, -0.2) is 29.7 Å². The van der Waals surface area contributed by atoms with Gasteiger partial charge in [0, 0.05) is 25.6 Å². The molecule has 2 aromatic carbocycles. The summed E-state index contributed by atoms with van der Waals surface area (Å²) in [5.41, 5.74) is 1.48. The number of hydrogen-bond donors (Lipinski definition) is 3. The fourth-order valence-corrected chi connectivity index (χ4v) is 3.12. The smallest absolute Gasteiger partial charge is 0.217 e. The van der Waals surface area contributed by atoms with Crippen LogP contribution in [0.15, 0.2) is 48.5 Å². The van der Waals surface area contributed by atoms with Crippen LogP contribution in [0.2, 0.25) is 0 Å². The van der Waals surface area contributed by atoms with Crippen molar-refractivity contribution in [1.29, 1.82) is 0 Å². The molecule has 0 heterocycles. The van der Waals surface area contributed by atoms with Crippen molar-refractivity contribution in [1.82, 2.24) is 10.6 Å². The maximum Gasteiger partial charge on any atom is 0.217 e. The minimum atomic E-state index is -0.919. The SMILES string of the molecule is CCC(NC[C@@H](O)[C@H](Cc1cc(F)cc(F)c1)NC(C)=O)c1ccccc1. The van der Waals surface area contributed by atoms with E-state index in [1.54, 1.807) is 0 Å². The van der Waals surface area contributed by atoms with Gasteiger partial charge in [0.1, 0.15) is 11.6 Å². The van der Waals surface area contributed by atoms with Crippen LogP contribution in [-0.2, 0) is 11.2 Å². The number of aliphatic hydroxyl groups excluding tert-OH is 1. The van der Waals surface area contributed by atoms with E-state index in [2.05, 4.69) is 10.6 Å². The van der Waals surface area contributed by atoms with Crippen LogP contribution in [0.4, 0.5) is 8.78 Å². The van der Waals surface area contributed by atoms with Crippen LogP contribution in [0.25, 0.3) is 0 Å². The predicted octanol–water partition coefficient (Wildman–Crippen LogP) is 3.11. The zero-order valence-electron chi connectivity index (χ0n) is 15.6. The lowest BCUT2D eigenvalue weighted by Crippen LogP contribution is -2.48. The van der Waals surface area contributed by atoms with E-state index in [1.807, 2.05) is 37.3 Å². The molecule has 3 atom stereocenters. The molecule has 0 aromatic heterocycles. The van der Waals surface area contributed by atoms with Crippen LogP contribution in [0, 0.1) is 11.6 Å². The third-order valence-electron chi connectivity index (χ3n) is 4.41. The highest BCUT2D eigenvalue weighted by molar-refractivity contribution is 5.73. The zero-order valence-corrected chi connectivity index (χ0v) is 15.6. The molecule has 1 amide bonds. The highest BCUT2D eigenvalue weighted by Crippen LogP contribution is 2.17. The molecular formula is C21H26F2N2O2. The maximum absolute atomic E-state index is 13.4. The molecule has 4 nitrogen and oxygen atoms in total. The van der Waals surface area contributed by atoms with Gasteiger partial charge in [-0.15, -0.1) is 0 Å². The van der Waals surface area contributed by atoms with Crippen molar-refractivity contribution in [2.24, 2.45) is 0 Å². The van der Waals surface area contributed by atoms with Gasteiger partial charge in [-0.1, -0.05) is 37.3 Å². The Labute approximate surface area is 158 Å². The molecule has 0 aliphatic carbocycles. The van der Waals surface area contributed by atoms with E-state index in [1.165, 1.54) is 19.1 Å². The first kappa shape index (κ1) is 21.0. The second-order valence-electron chi connectivity index (χ2n) is 6.64. The van der Waals surface area contributed by atoms with Crippen LogP contribution >= 0.6 is 0 Å². The van der Waals surface area contributed by atoms with Crippen molar-refractivity contribution < 1.29 is 18.7 Å². The molecule has 2 rings (SSSR count). The Morgan fingerprint density at radius 3 is 2.30 bits per heavy atom. The van der Waals surface area contributed by atoms with E-state index >= 15 is 0 Å². The van der Waals surface area contributed by atoms with Crippen LogP contribution in [0.1, 0.15) is 37.4 Å². The summed E-state index contributed by atoms with van der Waals surface area (Å²) in [5, 5.41) is 16.6. The second-order valence-corrected chi connectivity index (χ2v) is 6.64. The first-order valence-electron chi connectivity index (χ1n) is 9.07. The summed E-state index contributed by atoms with van der Waals surface area (Å²) in [7, 11) is 0. The molecule has 0 saturated carbocycles. The van der Waals surface area contributed by atoms with Gasteiger partial charge in [-0.05, 0) is 36.1 Å². The lowest BCUT2D eigenvalue weighted by Gasteiger charge is -2.26. The number of rotatable bonds is 9. The highest BCUT2D eigenvalue weighted by Gasteiger charge is 2.22. The van der Waals surface area contributed by atoms with Crippen molar-refractivity contribution >= 4 is 5.91 Å². The Balaban J connectivity index is 2.05. The molecule has 27 heavy (non-hydrogen) atoms. The maximum atomic E-state index is 13.4. The molecule has 1 unspecified atom stereocenters. The lowest BCUT2D eigenvalue weighted by molar-refractivity contribution is -0.120. The van der Waals surface area contributed by atoms with Crippen LogP contribution < -0.4 is 10.6 Å². The lowest BCUT2D eigenvalue weighted by atomic mass is 9.99. The molecule has 3 N–H and O–H groups in total. The average molecular weight is 376 g/mol. The molecule has 0 spiro atoms. The summed E-state index contributed by atoms with van der Waals surface area (Å²) in [5.74, 6) is -1.69. The van der Waals surface area contributed by atoms with Crippen molar-refractivity contribution in [2.45, 2.75) is 44.9 Å².